The fourth-order valence-corrected chi connectivity index (χ4v) is 2.30. The molecule has 0 aliphatic heterocycles. The number of amides is 1. The lowest BCUT2D eigenvalue weighted by molar-refractivity contribution is 0.0952. The molecule has 19 heavy (non-hydrogen) atoms. The molecule has 1 N–H and O–H groups in total. The maximum atomic E-state index is 13.3. The minimum atomic E-state index is -0.497. The first-order chi connectivity index (χ1) is 9.27. The molecule has 0 radical (unpaired) electrons. The van der Waals surface area contributed by atoms with E-state index in [0.717, 1.165) is 17.3 Å². The second-order valence-electron chi connectivity index (χ2n) is 3.87. The first kappa shape index (κ1) is 13.7. The fourth-order valence-electron chi connectivity index (χ4n) is 1.54. The van der Waals surface area contributed by atoms with Crippen LogP contribution in [-0.2, 0) is 5.75 Å². The Morgan fingerprint density at radius 1 is 1.26 bits per heavy atom. The number of hydrogen-bond donors (Lipinski definition) is 1. The summed E-state index contributed by atoms with van der Waals surface area (Å²) in [5.41, 5.74) is 0.0820. The van der Waals surface area contributed by atoms with Gasteiger partial charge < -0.3 is 9.73 Å². The van der Waals surface area contributed by atoms with Crippen molar-refractivity contribution in [3.05, 3.63) is 59.8 Å². The van der Waals surface area contributed by atoms with Gasteiger partial charge in [0.25, 0.3) is 5.91 Å². The Morgan fingerprint density at radius 2 is 2.11 bits per heavy atom. The van der Waals surface area contributed by atoms with Gasteiger partial charge in [-0.05, 0) is 24.3 Å². The highest BCUT2D eigenvalue weighted by molar-refractivity contribution is 7.98. The number of thioether (sulfide) groups is 1. The number of benzene rings is 1. The molecular weight excluding hydrogens is 265 g/mol. The number of rotatable bonds is 6. The highest BCUT2D eigenvalue weighted by Crippen LogP contribution is 2.11. The monoisotopic (exact) mass is 279 g/mol. The quantitative estimate of drug-likeness (QED) is 0.826. The second-order valence-corrected chi connectivity index (χ2v) is 4.97. The van der Waals surface area contributed by atoms with Crippen molar-refractivity contribution in [1.82, 2.24) is 5.32 Å². The van der Waals surface area contributed by atoms with E-state index in [-0.39, 0.29) is 11.5 Å². The zero-order chi connectivity index (χ0) is 13.5. The van der Waals surface area contributed by atoms with Crippen molar-refractivity contribution in [2.24, 2.45) is 0 Å². The zero-order valence-electron chi connectivity index (χ0n) is 10.3. The van der Waals surface area contributed by atoms with E-state index in [9.17, 15) is 9.18 Å². The topological polar surface area (TPSA) is 42.2 Å². The third-order valence-corrected chi connectivity index (χ3v) is 3.46. The number of nitrogens with one attached hydrogen (secondary N) is 1. The van der Waals surface area contributed by atoms with E-state index in [4.69, 9.17) is 4.42 Å². The first-order valence-electron chi connectivity index (χ1n) is 5.90. The third-order valence-electron chi connectivity index (χ3n) is 2.47. The Kier molecular flexibility index (Phi) is 5.03. The van der Waals surface area contributed by atoms with Gasteiger partial charge in [0, 0.05) is 12.3 Å². The molecule has 0 saturated heterocycles. The van der Waals surface area contributed by atoms with Crippen molar-refractivity contribution >= 4 is 17.7 Å². The molecule has 0 atom stereocenters. The Morgan fingerprint density at radius 3 is 2.84 bits per heavy atom. The van der Waals surface area contributed by atoms with Gasteiger partial charge in [0.05, 0.1) is 17.6 Å². The van der Waals surface area contributed by atoms with Crippen molar-refractivity contribution < 1.29 is 13.6 Å². The van der Waals surface area contributed by atoms with Crippen molar-refractivity contribution in [2.75, 3.05) is 12.3 Å². The van der Waals surface area contributed by atoms with E-state index in [2.05, 4.69) is 5.32 Å². The van der Waals surface area contributed by atoms with Crippen molar-refractivity contribution in [3.63, 3.8) is 0 Å². The standard InChI is InChI=1S/C14H14FNO2S/c15-13-6-2-1-5-12(13)14(17)16-7-9-19-10-11-4-3-8-18-11/h1-6,8H,7,9-10H2,(H,16,17). The fraction of sp³-hybridized carbons (Fsp3) is 0.214. The molecule has 1 aromatic carbocycles. The summed E-state index contributed by atoms with van der Waals surface area (Å²) in [6, 6.07) is 9.71. The van der Waals surface area contributed by atoms with E-state index in [0.29, 0.717) is 6.54 Å². The molecule has 2 rings (SSSR count). The minimum Gasteiger partial charge on any atom is -0.468 e. The Hall–Kier alpha value is -1.75. The molecule has 0 fully saturated rings. The SMILES string of the molecule is O=C(NCCSCc1ccco1)c1ccccc1F. The summed E-state index contributed by atoms with van der Waals surface area (Å²) in [6.07, 6.45) is 1.63. The molecule has 5 heteroatoms. The second kappa shape index (κ2) is 6.99. The lowest BCUT2D eigenvalue weighted by atomic mass is 10.2. The van der Waals surface area contributed by atoms with Crippen molar-refractivity contribution in [2.45, 2.75) is 5.75 Å². The molecule has 2 aromatic rings. The normalized spacial score (nSPS) is 10.4. The molecule has 0 aliphatic carbocycles. The van der Waals surface area contributed by atoms with Crippen LogP contribution in [0.4, 0.5) is 4.39 Å². The van der Waals surface area contributed by atoms with Crippen LogP contribution in [0.5, 0.6) is 0 Å². The molecule has 100 valence electrons. The molecule has 0 bridgehead atoms. The molecular formula is C14H14FNO2S. The lowest BCUT2D eigenvalue weighted by Crippen LogP contribution is -2.26. The van der Waals surface area contributed by atoms with E-state index >= 15 is 0 Å². The van der Waals surface area contributed by atoms with Gasteiger partial charge >= 0.3 is 0 Å². The van der Waals surface area contributed by atoms with Gasteiger partial charge in [0.15, 0.2) is 0 Å². The smallest absolute Gasteiger partial charge is 0.254 e. The first-order valence-corrected chi connectivity index (χ1v) is 7.05. The van der Waals surface area contributed by atoms with Gasteiger partial charge in [-0.1, -0.05) is 12.1 Å². The average molecular weight is 279 g/mol. The summed E-state index contributed by atoms with van der Waals surface area (Å²) < 4.78 is 18.5. The molecule has 1 heterocycles. The zero-order valence-corrected chi connectivity index (χ0v) is 11.1. The number of carbonyl (C=O) groups is 1. The van der Waals surface area contributed by atoms with Crippen molar-refractivity contribution in [3.8, 4) is 0 Å². The van der Waals surface area contributed by atoms with Gasteiger partial charge in [-0.25, -0.2) is 4.39 Å². The minimum absolute atomic E-state index is 0.0820. The van der Waals surface area contributed by atoms with E-state index in [1.165, 1.54) is 12.1 Å². The van der Waals surface area contributed by atoms with Gasteiger partial charge in [0.2, 0.25) is 0 Å². The summed E-state index contributed by atoms with van der Waals surface area (Å²) in [4.78, 5) is 11.7. The molecule has 1 aromatic heterocycles. The predicted octanol–water partition coefficient (Wildman–Crippen LogP) is 3.08. The van der Waals surface area contributed by atoms with Crippen LogP contribution in [0.25, 0.3) is 0 Å². The third kappa shape index (κ3) is 4.13. The molecule has 1 amide bonds. The Balaban J connectivity index is 1.68. The predicted molar refractivity (Wildman–Crippen MR) is 73.6 cm³/mol. The summed E-state index contributed by atoms with van der Waals surface area (Å²) in [7, 11) is 0. The summed E-state index contributed by atoms with van der Waals surface area (Å²) in [5, 5.41) is 2.69. The van der Waals surface area contributed by atoms with E-state index < -0.39 is 5.82 Å². The number of hydrogen-bond acceptors (Lipinski definition) is 3. The van der Waals surface area contributed by atoms with Crippen LogP contribution in [-0.4, -0.2) is 18.2 Å². The van der Waals surface area contributed by atoms with Crippen LogP contribution in [0, 0.1) is 5.82 Å². The van der Waals surface area contributed by atoms with Gasteiger partial charge in [-0.3, -0.25) is 4.79 Å². The highest BCUT2D eigenvalue weighted by Gasteiger charge is 2.09. The van der Waals surface area contributed by atoms with Crippen LogP contribution < -0.4 is 5.32 Å². The van der Waals surface area contributed by atoms with Crippen LogP contribution >= 0.6 is 11.8 Å². The largest absolute Gasteiger partial charge is 0.468 e. The summed E-state index contributed by atoms with van der Waals surface area (Å²) in [6.45, 7) is 0.499. The van der Waals surface area contributed by atoms with Crippen molar-refractivity contribution in [1.29, 1.82) is 0 Å². The van der Waals surface area contributed by atoms with Gasteiger partial charge in [-0.15, -0.1) is 0 Å². The van der Waals surface area contributed by atoms with E-state index in [1.54, 1.807) is 30.2 Å². The van der Waals surface area contributed by atoms with E-state index in [1.807, 2.05) is 12.1 Å². The van der Waals surface area contributed by atoms with Crippen LogP contribution in [0.15, 0.2) is 47.1 Å². The average Bonchev–Trinajstić information content (AvgIpc) is 2.92. The number of halogens is 1. The van der Waals surface area contributed by atoms with Crippen LogP contribution in [0.3, 0.4) is 0 Å². The van der Waals surface area contributed by atoms with Crippen LogP contribution in [0.2, 0.25) is 0 Å². The maximum Gasteiger partial charge on any atom is 0.254 e. The summed E-state index contributed by atoms with van der Waals surface area (Å²) >= 11 is 1.65. The Labute approximate surface area is 115 Å². The molecule has 0 unspecified atom stereocenters. The lowest BCUT2D eigenvalue weighted by Gasteiger charge is -2.05. The van der Waals surface area contributed by atoms with Gasteiger partial charge in [-0.2, -0.15) is 11.8 Å². The molecule has 3 nitrogen and oxygen atoms in total. The number of carbonyl (C=O) groups excluding carboxylic acids is 1. The molecule has 0 spiro atoms. The summed E-state index contributed by atoms with van der Waals surface area (Å²) in [5.74, 6) is 1.55. The Bertz CT molecular complexity index is 528. The van der Waals surface area contributed by atoms with Gasteiger partial charge in [0.1, 0.15) is 11.6 Å². The highest BCUT2D eigenvalue weighted by atomic mass is 32.2. The maximum absolute atomic E-state index is 13.3. The molecule has 0 aliphatic rings. The molecule has 0 saturated carbocycles. The van der Waals surface area contributed by atoms with Crippen LogP contribution in [0.1, 0.15) is 16.1 Å². The number of furan rings is 1.